The molecule has 1 atom stereocenters. The van der Waals surface area contributed by atoms with Crippen molar-refractivity contribution < 1.29 is 18.0 Å². The van der Waals surface area contributed by atoms with Crippen LogP contribution in [0, 0.1) is 0 Å². The first-order valence-electron chi connectivity index (χ1n) is 7.11. The van der Waals surface area contributed by atoms with Crippen LogP contribution in [-0.4, -0.2) is 29.7 Å². The highest BCUT2D eigenvalue weighted by Crippen LogP contribution is 2.29. The Hall–Kier alpha value is -1.56. The van der Waals surface area contributed by atoms with Gasteiger partial charge in [-0.05, 0) is 30.4 Å². The van der Waals surface area contributed by atoms with Gasteiger partial charge in [-0.3, -0.25) is 10.2 Å². The number of hydrogen-bond donors (Lipinski definition) is 1. The maximum Gasteiger partial charge on any atom is 0.405 e. The van der Waals surface area contributed by atoms with Gasteiger partial charge in [-0.25, -0.2) is 5.01 Å². The Bertz CT molecular complexity index is 502. The number of amides is 1. The van der Waals surface area contributed by atoms with E-state index in [0.717, 1.165) is 22.6 Å². The lowest BCUT2D eigenvalue weighted by Crippen LogP contribution is -2.50. The Morgan fingerprint density at radius 1 is 1.33 bits per heavy atom. The summed E-state index contributed by atoms with van der Waals surface area (Å²) < 4.78 is 39.5. The summed E-state index contributed by atoms with van der Waals surface area (Å²) >= 11 is 0. The van der Waals surface area contributed by atoms with Gasteiger partial charge in [0.1, 0.15) is 6.04 Å². The van der Waals surface area contributed by atoms with E-state index in [-0.39, 0.29) is 25.3 Å². The topological polar surface area (TPSA) is 32.3 Å². The standard InChI is InChI=1S/C15H19F3N2O/c1-2-11-4-3-5-12(10-11)6-7-13(15(16,17)18)20-9-8-14(21)19-20/h3-5,10,13H,2,6-9H2,1H3,(H,19,21)/t13-/m0/s1. The van der Waals surface area contributed by atoms with E-state index in [1.807, 2.05) is 31.2 Å². The summed E-state index contributed by atoms with van der Waals surface area (Å²) in [5.41, 5.74) is 4.31. The second-order valence-electron chi connectivity index (χ2n) is 5.25. The fourth-order valence-electron chi connectivity index (χ4n) is 2.53. The number of hydrazine groups is 1. The van der Waals surface area contributed by atoms with Crippen molar-refractivity contribution in [3.05, 3.63) is 35.4 Å². The van der Waals surface area contributed by atoms with Gasteiger partial charge in [-0.2, -0.15) is 13.2 Å². The summed E-state index contributed by atoms with van der Waals surface area (Å²) in [6.07, 6.45) is -3.09. The zero-order valence-corrected chi connectivity index (χ0v) is 11.9. The van der Waals surface area contributed by atoms with Crippen LogP contribution >= 0.6 is 0 Å². The summed E-state index contributed by atoms with van der Waals surface area (Å²) in [4.78, 5) is 11.1. The van der Waals surface area contributed by atoms with Crippen molar-refractivity contribution in [3.63, 3.8) is 0 Å². The number of hydrogen-bond acceptors (Lipinski definition) is 2. The molecule has 1 saturated heterocycles. The molecule has 0 radical (unpaired) electrons. The highest BCUT2D eigenvalue weighted by molar-refractivity contribution is 5.77. The fraction of sp³-hybridized carbons (Fsp3) is 0.533. The summed E-state index contributed by atoms with van der Waals surface area (Å²) in [6.45, 7) is 2.12. The van der Waals surface area contributed by atoms with Crippen LogP contribution in [0.2, 0.25) is 0 Å². The van der Waals surface area contributed by atoms with E-state index in [4.69, 9.17) is 0 Å². The van der Waals surface area contributed by atoms with Gasteiger partial charge in [0, 0.05) is 13.0 Å². The number of alkyl halides is 3. The van der Waals surface area contributed by atoms with Crippen molar-refractivity contribution in [2.75, 3.05) is 6.54 Å². The molecule has 3 nitrogen and oxygen atoms in total. The molecule has 0 bridgehead atoms. The van der Waals surface area contributed by atoms with Crippen molar-refractivity contribution in [3.8, 4) is 0 Å². The lowest BCUT2D eigenvalue weighted by Gasteiger charge is -2.28. The molecule has 1 fully saturated rings. The number of halogens is 3. The molecule has 0 aliphatic carbocycles. The molecule has 1 aromatic rings. The molecule has 1 aliphatic heterocycles. The van der Waals surface area contributed by atoms with E-state index in [9.17, 15) is 18.0 Å². The predicted octanol–water partition coefficient (Wildman–Crippen LogP) is 2.85. The summed E-state index contributed by atoms with van der Waals surface area (Å²) in [5, 5.41) is 1.02. The number of benzene rings is 1. The van der Waals surface area contributed by atoms with E-state index in [1.165, 1.54) is 0 Å². The fourth-order valence-corrected chi connectivity index (χ4v) is 2.53. The number of aryl methyl sites for hydroxylation is 2. The second kappa shape index (κ2) is 6.47. The minimum absolute atomic E-state index is 0.0586. The van der Waals surface area contributed by atoms with Crippen LogP contribution in [0.4, 0.5) is 13.2 Å². The van der Waals surface area contributed by atoms with Crippen molar-refractivity contribution in [2.45, 2.75) is 44.8 Å². The monoisotopic (exact) mass is 300 g/mol. The van der Waals surface area contributed by atoms with Crippen LogP contribution in [0.3, 0.4) is 0 Å². The average molecular weight is 300 g/mol. The van der Waals surface area contributed by atoms with Crippen LogP contribution < -0.4 is 5.43 Å². The molecule has 1 amide bonds. The molecule has 0 aromatic heterocycles. The molecule has 1 heterocycles. The van der Waals surface area contributed by atoms with Crippen molar-refractivity contribution >= 4 is 5.91 Å². The van der Waals surface area contributed by atoms with Gasteiger partial charge in [0.05, 0.1) is 0 Å². The minimum Gasteiger partial charge on any atom is -0.288 e. The van der Waals surface area contributed by atoms with E-state index < -0.39 is 12.2 Å². The Kier molecular flexibility index (Phi) is 4.88. The molecule has 6 heteroatoms. The van der Waals surface area contributed by atoms with Gasteiger partial charge in [-0.15, -0.1) is 0 Å². The quantitative estimate of drug-likeness (QED) is 0.907. The Labute approximate surface area is 122 Å². The lowest BCUT2D eigenvalue weighted by atomic mass is 10.0. The van der Waals surface area contributed by atoms with Crippen molar-refractivity contribution in [1.82, 2.24) is 10.4 Å². The molecule has 1 aromatic carbocycles. The van der Waals surface area contributed by atoms with Crippen molar-refractivity contribution in [1.29, 1.82) is 0 Å². The maximum atomic E-state index is 13.2. The highest BCUT2D eigenvalue weighted by atomic mass is 19.4. The third-order valence-electron chi connectivity index (χ3n) is 3.71. The van der Waals surface area contributed by atoms with Gasteiger partial charge >= 0.3 is 6.18 Å². The van der Waals surface area contributed by atoms with Crippen LogP contribution in [0.15, 0.2) is 24.3 Å². The van der Waals surface area contributed by atoms with Crippen LogP contribution in [0.1, 0.15) is 30.9 Å². The largest absolute Gasteiger partial charge is 0.405 e. The minimum atomic E-state index is -4.35. The number of nitrogens with one attached hydrogen (secondary N) is 1. The van der Waals surface area contributed by atoms with Gasteiger partial charge in [-0.1, -0.05) is 31.2 Å². The first-order chi connectivity index (χ1) is 9.90. The lowest BCUT2D eigenvalue weighted by molar-refractivity contribution is -0.189. The number of carbonyl (C=O) groups is 1. The first kappa shape index (κ1) is 15.8. The molecule has 116 valence electrons. The molecular formula is C15H19F3N2O. The molecule has 0 unspecified atom stereocenters. The molecule has 0 saturated carbocycles. The van der Waals surface area contributed by atoms with Crippen molar-refractivity contribution in [2.24, 2.45) is 0 Å². The van der Waals surface area contributed by atoms with E-state index in [2.05, 4.69) is 5.43 Å². The van der Waals surface area contributed by atoms with E-state index in [0.29, 0.717) is 6.42 Å². The van der Waals surface area contributed by atoms with Gasteiger partial charge in [0.25, 0.3) is 0 Å². The summed E-state index contributed by atoms with van der Waals surface area (Å²) in [7, 11) is 0. The highest BCUT2D eigenvalue weighted by Gasteiger charge is 2.45. The number of carbonyl (C=O) groups excluding carboxylic acids is 1. The number of rotatable bonds is 5. The zero-order valence-electron chi connectivity index (χ0n) is 11.9. The molecule has 2 rings (SSSR count). The van der Waals surface area contributed by atoms with E-state index >= 15 is 0 Å². The van der Waals surface area contributed by atoms with Crippen LogP contribution in [-0.2, 0) is 17.6 Å². The van der Waals surface area contributed by atoms with Gasteiger partial charge in [0.15, 0.2) is 0 Å². The number of nitrogens with zero attached hydrogens (tertiary/aromatic N) is 1. The predicted molar refractivity (Wildman–Crippen MR) is 73.4 cm³/mol. The average Bonchev–Trinajstić information content (AvgIpc) is 2.84. The smallest absolute Gasteiger partial charge is 0.288 e. The molecule has 1 N–H and O–H groups in total. The van der Waals surface area contributed by atoms with Gasteiger partial charge < -0.3 is 0 Å². The van der Waals surface area contributed by atoms with Gasteiger partial charge in [0.2, 0.25) is 5.91 Å². The molecular weight excluding hydrogens is 281 g/mol. The third-order valence-corrected chi connectivity index (χ3v) is 3.71. The molecule has 1 aliphatic rings. The van der Waals surface area contributed by atoms with Crippen LogP contribution in [0.25, 0.3) is 0 Å². The normalized spacial score (nSPS) is 17.8. The Morgan fingerprint density at radius 3 is 2.62 bits per heavy atom. The Morgan fingerprint density at radius 2 is 2.05 bits per heavy atom. The summed E-state index contributed by atoms with van der Waals surface area (Å²) in [6, 6.07) is 5.99. The molecule has 0 spiro atoms. The second-order valence-corrected chi connectivity index (χ2v) is 5.25. The van der Waals surface area contributed by atoms with Crippen LogP contribution in [0.5, 0.6) is 0 Å². The molecule has 21 heavy (non-hydrogen) atoms. The van der Waals surface area contributed by atoms with E-state index in [1.54, 1.807) is 0 Å². The first-order valence-corrected chi connectivity index (χ1v) is 7.11. The maximum absolute atomic E-state index is 13.2. The SMILES string of the molecule is CCc1cccc(CC[C@H](N2CCC(=O)N2)C(F)(F)F)c1. The third kappa shape index (κ3) is 4.20. The zero-order chi connectivity index (χ0) is 15.5. The summed E-state index contributed by atoms with van der Waals surface area (Å²) in [5.74, 6) is -0.350. The Balaban J connectivity index is 2.03.